The lowest BCUT2D eigenvalue weighted by Crippen LogP contribution is -2.45. The predicted octanol–water partition coefficient (Wildman–Crippen LogP) is 2.42. The molecule has 0 aromatic carbocycles. The fourth-order valence-electron chi connectivity index (χ4n) is 4.36. The van der Waals surface area contributed by atoms with Gasteiger partial charge in [0, 0.05) is 31.2 Å². The van der Waals surface area contributed by atoms with Crippen molar-refractivity contribution in [3.8, 4) is 0 Å². The van der Waals surface area contributed by atoms with Crippen LogP contribution in [0.3, 0.4) is 0 Å². The first-order valence-corrected chi connectivity index (χ1v) is 14.9. The number of carboxylic acid groups (broad SMARTS) is 2. The number of aliphatic hydroxyl groups is 1. The molecule has 2 atom stereocenters. The first-order valence-electron chi connectivity index (χ1n) is 14.9. The van der Waals surface area contributed by atoms with Gasteiger partial charge in [-0.3, -0.25) is 4.79 Å². The second-order valence-electron chi connectivity index (χ2n) is 12.9. The highest BCUT2D eigenvalue weighted by Crippen LogP contribution is 2.14. The van der Waals surface area contributed by atoms with Gasteiger partial charge in [0.05, 0.1) is 42.3 Å². The molecule has 0 amide bonds. The SMILES string of the molecule is CCCCCCCCCCCCCCCC(=O)OC(CC(=O)[O-])C[N+](C)(C)C.C[N+](C)(C)CC(O)CC(=O)[O-]. The number of hydrogen-bond donors (Lipinski definition) is 1. The van der Waals surface area contributed by atoms with Crippen LogP contribution >= 0.6 is 0 Å². The molecule has 0 radical (unpaired) electrons. The van der Waals surface area contributed by atoms with Gasteiger partial charge in [-0.1, -0.05) is 84.0 Å². The third kappa shape index (κ3) is 34.3. The molecule has 0 saturated carbocycles. The highest BCUT2D eigenvalue weighted by Gasteiger charge is 2.22. The summed E-state index contributed by atoms with van der Waals surface area (Å²) in [4.78, 5) is 32.9. The number of nitrogens with zero attached hydrogens (tertiary/aromatic N) is 2. The van der Waals surface area contributed by atoms with E-state index >= 15 is 0 Å². The number of carbonyl (C=O) groups excluding carboxylic acids is 3. The molecule has 0 spiro atoms. The minimum atomic E-state index is -1.20. The van der Waals surface area contributed by atoms with Gasteiger partial charge in [-0.05, 0) is 6.42 Å². The Morgan fingerprint density at radius 2 is 1.03 bits per heavy atom. The quantitative estimate of drug-likeness (QED) is 0.116. The van der Waals surface area contributed by atoms with Gasteiger partial charge in [-0.25, -0.2) is 0 Å². The fraction of sp³-hybridized carbons (Fsp3) is 0.900. The standard InChI is InChI=1S/C23H45NO4.C7H15NO3/c1-5-6-7-8-9-10-11-12-13-14-15-16-17-18-23(27)28-21(19-22(25)26)20-24(2,3)4;1-8(2,3)5-6(9)4-7(10)11/h21H,5-20H2,1-4H3;6,9H,4-5H2,1-3H3. The Bertz CT molecular complexity index is 642. The maximum Gasteiger partial charge on any atom is 0.306 e. The van der Waals surface area contributed by atoms with Crippen LogP contribution in [0, 0.1) is 0 Å². The molecule has 0 aliphatic rings. The zero-order valence-corrected chi connectivity index (χ0v) is 26.2. The summed E-state index contributed by atoms with van der Waals surface area (Å²) in [5.74, 6) is -2.67. The molecule has 0 aliphatic heterocycles. The Morgan fingerprint density at radius 1 is 0.641 bits per heavy atom. The number of ether oxygens (including phenoxy) is 1. The number of esters is 1. The Hall–Kier alpha value is -1.71. The number of likely N-dealkylation sites (N-methyl/N-ethyl adjacent to an activating group) is 2. The van der Waals surface area contributed by atoms with Crippen molar-refractivity contribution in [1.29, 1.82) is 0 Å². The number of rotatable bonds is 23. The molecular formula is C30H60N2O7. The largest absolute Gasteiger partial charge is 0.550 e. The Kier molecular flexibility index (Phi) is 23.3. The van der Waals surface area contributed by atoms with Crippen LogP contribution in [0.1, 0.15) is 110 Å². The lowest BCUT2D eigenvalue weighted by Gasteiger charge is -2.29. The number of aliphatic hydroxyl groups excluding tert-OH is 1. The zero-order chi connectivity index (χ0) is 30.3. The van der Waals surface area contributed by atoms with Crippen LogP contribution in [0.2, 0.25) is 0 Å². The van der Waals surface area contributed by atoms with E-state index in [0.29, 0.717) is 28.5 Å². The monoisotopic (exact) mass is 560 g/mol. The van der Waals surface area contributed by atoms with E-state index in [1.807, 2.05) is 42.3 Å². The smallest absolute Gasteiger partial charge is 0.306 e. The lowest BCUT2D eigenvalue weighted by molar-refractivity contribution is -0.873. The van der Waals surface area contributed by atoms with Crippen molar-refractivity contribution >= 4 is 17.9 Å². The summed E-state index contributed by atoms with van der Waals surface area (Å²) in [6.07, 6.45) is 14.9. The lowest BCUT2D eigenvalue weighted by atomic mass is 10.0. The van der Waals surface area contributed by atoms with Gasteiger partial charge in [0.2, 0.25) is 0 Å². The molecular weight excluding hydrogens is 500 g/mol. The zero-order valence-electron chi connectivity index (χ0n) is 26.2. The summed E-state index contributed by atoms with van der Waals surface area (Å²) >= 11 is 0. The molecule has 0 aromatic heterocycles. The topological polar surface area (TPSA) is 127 Å². The van der Waals surface area contributed by atoms with Crippen molar-refractivity contribution in [3.63, 3.8) is 0 Å². The number of carboxylic acids is 2. The molecule has 1 N–H and O–H groups in total. The van der Waals surface area contributed by atoms with Crippen molar-refractivity contribution in [2.75, 3.05) is 55.4 Å². The molecule has 9 heteroatoms. The van der Waals surface area contributed by atoms with E-state index in [1.165, 1.54) is 64.2 Å². The van der Waals surface area contributed by atoms with Crippen LogP contribution in [0.4, 0.5) is 0 Å². The van der Waals surface area contributed by atoms with Crippen LogP contribution in [0.5, 0.6) is 0 Å². The summed E-state index contributed by atoms with van der Waals surface area (Å²) < 4.78 is 6.46. The highest BCUT2D eigenvalue weighted by atomic mass is 16.5. The van der Waals surface area contributed by atoms with Crippen molar-refractivity contribution in [1.82, 2.24) is 0 Å². The summed E-state index contributed by atoms with van der Waals surface area (Å²) in [5, 5.41) is 30.0. The molecule has 0 fully saturated rings. The third-order valence-corrected chi connectivity index (χ3v) is 6.09. The summed E-state index contributed by atoms with van der Waals surface area (Å²) in [6.45, 7) is 3.15. The van der Waals surface area contributed by atoms with Crippen LogP contribution in [-0.4, -0.2) is 99.6 Å². The molecule has 0 saturated heterocycles. The van der Waals surface area contributed by atoms with Gasteiger partial charge in [-0.15, -0.1) is 0 Å². The highest BCUT2D eigenvalue weighted by molar-refractivity contribution is 5.70. The summed E-state index contributed by atoms with van der Waals surface area (Å²) in [6, 6.07) is 0. The first-order chi connectivity index (χ1) is 18.1. The van der Waals surface area contributed by atoms with E-state index in [9.17, 15) is 24.6 Å². The molecule has 0 bridgehead atoms. The van der Waals surface area contributed by atoms with Crippen molar-refractivity contribution in [2.24, 2.45) is 0 Å². The van der Waals surface area contributed by atoms with E-state index in [2.05, 4.69) is 6.92 Å². The number of carbonyl (C=O) groups is 3. The van der Waals surface area contributed by atoms with E-state index in [1.54, 1.807) is 0 Å². The van der Waals surface area contributed by atoms with Crippen LogP contribution < -0.4 is 10.2 Å². The van der Waals surface area contributed by atoms with Gasteiger partial charge in [0.25, 0.3) is 0 Å². The molecule has 39 heavy (non-hydrogen) atoms. The number of hydrogen-bond acceptors (Lipinski definition) is 7. The summed E-state index contributed by atoms with van der Waals surface area (Å²) in [7, 11) is 11.5. The van der Waals surface area contributed by atoms with Gasteiger partial charge >= 0.3 is 5.97 Å². The first kappa shape index (κ1) is 39.4. The molecule has 0 aliphatic carbocycles. The molecule has 0 heterocycles. The van der Waals surface area contributed by atoms with Gasteiger partial charge in [0.1, 0.15) is 19.2 Å². The third-order valence-electron chi connectivity index (χ3n) is 6.09. The minimum absolute atomic E-state index is 0.236. The maximum absolute atomic E-state index is 12.0. The Morgan fingerprint density at radius 3 is 1.38 bits per heavy atom. The van der Waals surface area contributed by atoms with Gasteiger partial charge in [0.15, 0.2) is 6.10 Å². The van der Waals surface area contributed by atoms with Crippen LogP contribution in [0.25, 0.3) is 0 Å². The van der Waals surface area contributed by atoms with E-state index < -0.39 is 24.1 Å². The number of quaternary nitrogens is 2. The van der Waals surface area contributed by atoms with Gasteiger partial charge in [-0.2, -0.15) is 0 Å². The minimum Gasteiger partial charge on any atom is -0.550 e. The second kappa shape index (κ2) is 23.0. The number of aliphatic carboxylic acids is 2. The maximum atomic E-state index is 12.0. The molecule has 0 aromatic rings. The molecule has 0 rings (SSSR count). The molecule has 2 unspecified atom stereocenters. The second-order valence-corrected chi connectivity index (χ2v) is 12.9. The predicted molar refractivity (Wildman–Crippen MR) is 151 cm³/mol. The summed E-state index contributed by atoms with van der Waals surface area (Å²) in [5.41, 5.74) is 0. The van der Waals surface area contributed by atoms with E-state index in [4.69, 9.17) is 9.84 Å². The fourth-order valence-corrected chi connectivity index (χ4v) is 4.36. The normalized spacial score (nSPS) is 13.2. The van der Waals surface area contributed by atoms with E-state index in [-0.39, 0.29) is 18.8 Å². The van der Waals surface area contributed by atoms with Crippen molar-refractivity contribution in [3.05, 3.63) is 0 Å². The Balaban J connectivity index is 0. The van der Waals surface area contributed by atoms with E-state index in [0.717, 1.165) is 19.3 Å². The van der Waals surface area contributed by atoms with Gasteiger partial charge < -0.3 is 38.6 Å². The van der Waals surface area contributed by atoms with Crippen LogP contribution in [0.15, 0.2) is 0 Å². The average Bonchev–Trinajstić information content (AvgIpc) is 2.73. The Labute approximate surface area is 238 Å². The van der Waals surface area contributed by atoms with Crippen molar-refractivity contribution in [2.45, 2.75) is 122 Å². The molecule has 9 nitrogen and oxygen atoms in total. The van der Waals surface area contributed by atoms with Crippen LogP contribution in [-0.2, 0) is 19.1 Å². The average molecular weight is 561 g/mol. The number of unbranched alkanes of at least 4 members (excludes halogenated alkanes) is 12. The molecule has 232 valence electrons. The van der Waals surface area contributed by atoms with Crippen molar-refractivity contribution < 1.29 is 43.4 Å².